The third-order valence-corrected chi connectivity index (χ3v) is 7.66. The number of guanidine groups is 1. The van der Waals surface area contributed by atoms with Crippen LogP contribution in [0.3, 0.4) is 0 Å². The average Bonchev–Trinajstić information content (AvgIpc) is 2.80. The lowest BCUT2D eigenvalue weighted by molar-refractivity contribution is 0.0368. The Bertz CT molecular complexity index is 494. The molecule has 1 saturated carbocycles. The van der Waals surface area contributed by atoms with Crippen LogP contribution in [-0.2, 0) is 0 Å². The topological polar surface area (TPSA) is 46.1 Å². The van der Waals surface area contributed by atoms with Crippen LogP contribution in [0.4, 0.5) is 0 Å². The monoisotopic (exact) mass is 534 g/mol. The molecule has 3 rings (SSSR count). The molecular formula is C23H47IN6. The van der Waals surface area contributed by atoms with E-state index in [2.05, 4.69) is 44.2 Å². The van der Waals surface area contributed by atoms with Gasteiger partial charge in [0.2, 0.25) is 0 Å². The van der Waals surface area contributed by atoms with Crippen molar-refractivity contribution in [3.05, 3.63) is 0 Å². The Morgan fingerprint density at radius 1 is 0.900 bits per heavy atom. The Balaban J connectivity index is 0.00000320. The highest BCUT2D eigenvalue weighted by atomic mass is 127. The van der Waals surface area contributed by atoms with E-state index in [9.17, 15) is 0 Å². The van der Waals surface area contributed by atoms with Gasteiger partial charge in [0.25, 0.3) is 0 Å². The average molecular weight is 535 g/mol. The van der Waals surface area contributed by atoms with Crippen molar-refractivity contribution in [2.45, 2.75) is 76.8 Å². The highest BCUT2D eigenvalue weighted by molar-refractivity contribution is 14.0. The number of aliphatic imine (C=N–C) groups is 1. The van der Waals surface area contributed by atoms with Gasteiger partial charge in [0.15, 0.2) is 5.96 Å². The summed E-state index contributed by atoms with van der Waals surface area (Å²) in [5.41, 5.74) is 0.346. The molecule has 2 heterocycles. The van der Waals surface area contributed by atoms with Gasteiger partial charge in [-0.15, -0.1) is 24.0 Å². The van der Waals surface area contributed by atoms with Crippen LogP contribution in [0.1, 0.15) is 65.2 Å². The number of nitrogens with zero attached hydrogens (tertiary/aromatic N) is 4. The first kappa shape index (κ1) is 26.1. The molecule has 2 aliphatic heterocycles. The van der Waals surface area contributed by atoms with Crippen molar-refractivity contribution in [2.75, 3.05) is 66.0 Å². The van der Waals surface area contributed by atoms with Gasteiger partial charge in [-0.2, -0.15) is 0 Å². The molecule has 7 heteroatoms. The minimum Gasteiger partial charge on any atom is -0.355 e. The van der Waals surface area contributed by atoms with E-state index in [1.165, 1.54) is 97.2 Å². The van der Waals surface area contributed by atoms with E-state index in [4.69, 9.17) is 0 Å². The predicted molar refractivity (Wildman–Crippen MR) is 139 cm³/mol. The van der Waals surface area contributed by atoms with Crippen LogP contribution in [0, 0.1) is 0 Å². The Morgan fingerprint density at radius 2 is 1.53 bits per heavy atom. The zero-order chi connectivity index (χ0) is 20.5. The lowest BCUT2D eigenvalue weighted by Crippen LogP contribution is -2.59. The summed E-state index contributed by atoms with van der Waals surface area (Å²) >= 11 is 0. The van der Waals surface area contributed by atoms with Crippen molar-refractivity contribution >= 4 is 29.9 Å². The van der Waals surface area contributed by atoms with E-state index < -0.39 is 0 Å². The van der Waals surface area contributed by atoms with Crippen LogP contribution in [0.2, 0.25) is 0 Å². The summed E-state index contributed by atoms with van der Waals surface area (Å²) in [5.74, 6) is 0.978. The summed E-state index contributed by atoms with van der Waals surface area (Å²) in [6.07, 6.45) is 11.0. The second-order valence-corrected chi connectivity index (χ2v) is 9.46. The molecule has 0 spiro atoms. The van der Waals surface area contributed by atoms with Gasteiger partial charge < -0.3 is 15.5 Å². The Hall–Kier alpha value is -0.120. The molecule has 0 bridgehead atoms. The molecule has 2 N–H and O–H groups in total. The van der Waals surface area contributed by atoms with Gasteiger partial charge in [-0.25, -0.2) is 0 Å². The molecule has 1 aliphatic carbocycles. The molecule has 0 aromatic carbocycles. The van der Waals surface area contributed by atoms with Crippen LogP contribution in [0.15, 0.2) is 4.99 Å². The first-order valence-electron chi connectivity index (χ1n) is 12.3. The fraction of sp³-hybridized carbons (Fsp3) is 0.957. The van der Waals surface area contributed by atoms with E-state index >= 15 is 0 Å². The Labute approximate surface area is 202 Å². The molecule has 176 valence electrons. The maximum atomic E-state index is 4.54. The fourth-order valence-corrected chi connectivity index (χ4v) is 5.55. The van der Waals surface area contributed by atoms with Gasteiger partial charge in [-0.1, -0.05) is 32.6 Å². The highest BCUT2D eigenvalue weighted by Gasteiger charge is 2.38. The zero-order valence-electron chi connectivity index (χ0n) is 19.8. The van der Waals surface area contributed by atoms with Gasteiger partial charge in [-0.3, -0.25) is 14.8 Å². The quantitative estimate of drug-likeness (QED) is 0.299. The van der Waals surface area contributed by atoms with Crippen molar-refractivity contribution in [3.8, 4) is 0 Å². The normalized spacial score (nSPS) is 25.4. The van der Waals surface area contributed by atoms with Crippen molar-refractivity contribution in [1.82, 2.24) is 25.3 Å². The standard InChI is InChI=1S/C23H46N6.HI/c1-4-27-15-17-28(18-16-27)21(2)19-25-22(24-3)26-20-23(11-7-5-8-12-23)29-13-9-6-10-14-29;/h21H,4-20H2,1-3H3,(H2,24,25,26);1H. The summed E-state index contributed by atoms with van der Waals surface area (Å²) in [5, 5.41) is 7.34. The lowest BCUT2D eigenvalue weighted by Gasteiger charge is -2.48. The second-order valence-electron chi connectivity index (χ2n) is 9.46. The number of halogens is 1. The van der Waals surface area contributed by atoms with Crippen LogP contribution in [-0.4, -0.2) is 98.2 Å². The highest BCUT2D eigenvalue weighted by Crippen LogP contribution is 2.35. The predicted octanol–water partition coefficient (Wildman–Crippen LogP) is 2.98. The molecule has 3 aliphatic rings. The van der Waals surface area contributed by atoms with Crippen molar-refractivity contribution in [2.24, 2.45) is 4.99 Å². The Morgan fingerprint density at radius 3 is 2.13 bits per heavy atom. The van der Waals surface area contributed by atoms with Crippen LogP contribution in [0.5, 0.6) is 0 Å². The number of likely N-dealkylation sites (tertiary alicyclic amines) is 1. The van der Waals surface area contributed by atoms with E-state index in [0.717, 1.165) is 19.0 Å². The minimum absolute atomic E-state index is 0. The largest absolute Gasteiger partial charge is 0.355 e. The molecule has 3 fully saturated rings. The van der Waals surface area contributed by atoms with E-state index in [0.29, 0.717) is 11.6 Å². The van der Waals surface area contributed by atoms with Gasteiger partial charge in [-0.05, 0) is 52.2 Å². The van der Waals surface area contributed by atoms with Gasteiger partial charge in [0.05, 0.1) is 0 Å². The number of hydrogen-bond acceptors (Lipinski definition) is 4. The van der Waals surface area contributed by atoms with Crippen LogP contribution >= 0.6 is 24.0 Å². The first-order valence-corrected chi connectivity index (χ1v) is 12.3. The van der Waals surface area contributed by atoms with E-state index in [1.807, 2.05) is 7.05 Å². The van der Waals surface area contributed by atoms with Gasteiger partial charge in [0, 0.05) is 57.9 Å². The molecule has 1 unspecified atom stereocenters. The summed E-state index contributed by atoms with van der Waals surface area (Å²) < 4.78 is 0. The summed E-state index contributed by atoms with van der Waals surface area (Å²) in [6, 6.07) is 0.540. The number of piperidine rings is 1. The molecule has 2 saturated heterocycles. The number of piperazine rings is 1. The minimum atomic E-state index is 0. The third kappa shape index (κ3) is 7.20. The molecule has 30 heavy (non-hydrogen) atoms. The molecule has 0 aromatic heterocycles. The molecule has 0 radical (unpaired) electrons. The molecule has 0 amide bonds. The van der Waals surface area contributed by atoms with Crippen molar-refractivity contribution in [3.63, 3.8) is 0 Å². The molecular weight excluding hydrogens is 487 g/mol. The van der Waals surface area contributed by atoms with Gasteiger partial charge >= 0.3 is 0 Å². The maximum absolute atomic E-state index is 4.54. The van der Waals surface area contributed by atoms with Gasteiger partial charge in [0.1, 0.15) is 0 Å². The number of nitrogens with one attached hydrogen (secondary N) is 2. The number of hydrogen-bond donors (Lipinski definition) is 2. The fourth-order valence-electron chi connectivity index (χ4n) is 5.55. The number of rotatable bonds is 7. The summed E-state index contributed by atoms with van der Waals surface area (Å²) in [6.45, 7) is 15.1. The van der Waals surface area contributed by atoms with Crippen LogP contribution < -0.4 is 10.6 Å². The second kappa shape index (κ2) is 13.4. The maximum Gasteiger partial charge on any atom is 0.191 e. The first-order chi connectivity index (χ1) is 14.2. The van der Waals surface area contributed by atoms with Crippen LogP contribution in [0.25, 0.3) is 0 Å². The summed E-state index contributed by atoms with van der Waals surface area (Å²) in [4.78, 5) is 12.5. The molecule has 6 nitrogen and oxygen atoms in total. The lowest BCUT2D eigenvalue weighted by atomic mass is 9.79. The zero-order valence-corrected chi connectivity index (χ0v) is 22.1. The molecule has 1 atom stereocenters. The summed E-state index contributed by atoms with van der Waals surface area (Å²) in [7, 11) is 1.91. The third-order valence-electron chi connectivity index (χ3n) is 7.66. The van der Waals surface area contributed by atoms with Crippen molar-refractivity contribution in [1.29, 1.82) is 0 Å². The Kier molecular flexibility index (Phi) is 11.7. The molecule has 0 aromatic rings. The van der Waals surface area contributed by atoms with E-state index in [1.54, 1.807) is 0 Å². The van der Waals surface area contributed by atoms with Crippen molar-refractivity contribution < 1.29 is 0 Å². The smallest absolute Gasteiger partial charge is 0.191 e. The number of likely N-dealkylation sites (N-methyl/N-ethyl adjacent to an activating group) is 1. The van der Waals surface area contributed by atoms with E-state index in [-0.39, 0.29) is 24.0 Å². The SMILES string of the molecule is CCN1CCN(C(C)CNC(=NC)NCC2(N3CCCCC3)CCCCC2)CC1.I.